The molecular formula is C12H20N2O4S3. The van der Waals surface area contributed by atoms with Gasteiger partial charge in [-0.25, -0.2) is 22.0 Å². The van der Waals surface area contributed by atoms with E-state index in [9.17, 15) is 16.8 Å². The zero-order valence-electron chi connectivity index (χ0n) is 12.2. The van der Waals surface area contributed by atoms with Crippen LogP contribution in [0.25, 0.3) is 0 Å². The first-order valence-electron chi connectivity index (χ1n) is 6.63. The molecule has 1 aromatic rings. The molecule has 0 amide bonds. The number of nitrogens with zero attached hydrogens (tertiary/aromatic N) is 1. The van der Waals surface area contributed by atoms with Crippen LogP contribution in [0.5, 0.6) is 0 Å². The first-order chi connectivity index (χ1) is 9.51. The van der Waals surface area contributed by atoms with Gasteiger partial charge in [0.1, 0.15) is 8.42 Å². The first-order valence-corrected chi connectivity index (χ1v) is 10.5. The molecule has 1 aliphatic heterocycles. The number of thiophene rings is 1. The van der Waals surface area contributed by atoms with Gasteiger partial charge in [0.15, 0.2) is 9.84 Å². The van der Waals surface area contributed by atoms with Crippen molar-refractivity contribution in [3.05, 3.63) is 11.6 Å². The minimum absolute atomic E-state index is 0.0883. The minimum atomic E-state index is -3.88. The lowest BCUT2D eigenvalue weighted by Gasteiger charge is -2.23. The Hall–Kier alpha value is -0.480. The van der Waals surface area contributed by atoms with E-state index in [0.29, 0.717) is 24.6 Å². The van der Waals surface area contributed by atoms with E-state index < -0.39 is 25.1 Å². The summed E-state index contributed by atoms with van der Waals surface area (Å²) in [5.41, 5.74) is 0.536. The molecule has 0 saturated heterocycles. The monoisotopic (exact) mass is 352 g/mol. The summed E-state index contributed by atoms with van der Waals surface area (Å²) in [5, 5.41) is 4.56. The van der Waals surface area contributed by atoms with Gasteiger partial charge >= 0.3 is 0 Å². The van der Waals surface area contributed by atoms with Crippen LogP contribution in [-0.2, 0) is 26.4 Å². The summed E-state index contributed by atoms with van der Waals surface area (Å²) in [6, 6.07) is 1.40. The highest BCUT2D eigenvalue weighted by atomic mass is 32.3. The highest BCUT2D eigenvalue weighted by Crippen LogP contribution is 2.35. The Morgan fingerprint density at radius 3 is 2.62 bits per heavy atom. The van der Waals surface area contributed by atoms with E-state index in [0.717, 1.165) is 17.9 Å². The Bertz CT molecular complexity index is 735. The molecule has 2 rings (SSSR count). The zero-order valence-corrected chi connectivity index (χ0v) is 14.7. The first kappa shape index (κ1) is 16.9. The number of sulfonamides is 1. The maximum absolute atomic E-state index is 12.5. The smallest absolute Gasteiger partial charge is 0.247 e. The molecule has 21 heavy (non-hydrogen) atoms. The Kier molecular flexibility index (Phi) is 4.52. The van der Waals surface area contributed by atoms with Crippen LogP contribution in [0.15, 0.2) is 14.5 Å². The van der Waals surface area contributed by atoms with Gasteiger partial charge in [0.05, 0.1) is 5.25 Å². The molecule has 9 heteroatoms. The third-order valence-electron chi connectivity index (χ3n) is 3.35. The lowest BCUT2D eigenvalue weighted by molar-refractivity contribution is 0.239. The number of hydrogen-bond acceptors (Lipinski definition) is 6. The van der Waals surface area contributed by atoms with Crippen LogP contribution in [0.1, 0.15) is 26.3 Å². The third kappa shape index (κ3) is 3.48. The highest BCUT2D eigenvalue weighted by Gasteiger charge is 2.35. The van der Waals surface area contributed by atoms with Gasteiger partial charge in [-0.1, -0.05) is 13.8 Å². The maximum Gasteiger partial charge on any atom is 0.247 e. The quantitative estimate of drug-likeness (QED) is 0.876. The molecule has 2 N–H and O–H groups in total. The number of primary sulfonamides is 1. The third-order valence-corrected chi connectivity index (χ3v) is 8.68. The van der Waals surface area contributed by atoms with Crippen molar-refractivity contribution in [2.45, 2.75) is 41.0 Å². The molecular weight excluding hydrogens is 332 g/mol. The second kappa shape index (κ2) is 5.62. The van der Waals surface area contributed by atoms with Gasteiger partial charge in [0.25, 0.3) is 0 Å². The molecule has 0 fully saturated rings. The molecule has 0 aliphatic carbocycles. The summed E-state index contributed by atoms with van der Waals surface area (Å²) in [6.45, 7) is 7.44. The Balaban J connectivity index is 2.53. The Morgan fingerprint density at radius 1 is 1.48 bits per heavy atom. The van der Waals surface area contributed by atoms with Gasteiger partial charge in [-0.05, 0) is 24.5 Å². The fourth-order valence-corrected chi connectivity index (χ4v) is 6.79. The Labute approximate surface area is 129 Å². The van der Waals surface area contributed by atoms with Crippen LogP contribution >= 0.6 is 11.3 Å². The van der Waals surface area contributed by atoms with Crippen molar-refractivity contribution in [2.24, 2.45) is 11.1 Å². The summed E-state index contributed by atoms with van der Waals surface area (Å²) in [6.07, 6.45) is 0. The molecule has 1 atom stereocenters. The molecule has 6 nitrogen and oxygen atoms in total. The highest BCUT2D eigenvalue weighted by molar-refractivity contribution is 7.95. The predicted octanol–water partition coefficient (Wildman–Crippen LogP) is 1.03. The second-order valence-corrected chi connectivity index (χ2v) is 11.3. The van der Waals surface area contributed by atoms with Gasteiger partial charge in [-0.15, -0.1) is 11.3 Å². The fraction of sp³-hybridized carbons (Fsp3) is 0.667. The average Bonchev–Trinajstić information content (AvgIpc) is 2.68. The average molecular weight is 353 g/mol. The predicted molar refractivity (Wildman–Crippen MR) is 82.5 cm³/mol. The summed E-state index contributed by atoms with van der Waals surface area (Å²) >= 11 is 0.760. The summed E-state index contributed by atoms with van der Waals surface area (Å²) in [7, 11) is -7.39. The maximum atomic E-state index is 12.5. The van der Waals surface area contributed by atoms with Crippen molar-refractivity contribution in [1.29, 1.82) is 0 Å². The van der Waals surface area contributed by atoms with Crippen molar-refractivity contribution in [1.82, 2.24) is 4.90 Å². The van der Waals surface area contributed by atoms with Gasteiger partial charge in [0, 0.05) is 19.6 Å². The molecule has 120 valence electrons. The number of fused-ring (bicyclic) bond motifs is 1. The molecule has 0 radical (unpaired) electrons. The van der Waals surface area contributed by atoms with Crippen LogP contribution < -0.4 is 5.14 Å². The van der Waals surface area contributed by atoms with E-state index in [2.05, 4.69) is 18.7 Å². The normalized spacial score (nSPS) is 23.0. The van der Waals surface area contributed by atoms with Gasteiger partial charge < -0.3 is 0 Å². The summed E-state index contributed by atoms with van der Waals surface area (Å²) in [5.74, 6) is 0.401. The molecule has 1 aliphatic rings. The summed E-state index contributed by atoms with van der Waals surface area (Å²) in [4.78, 5) is 2.05. The van der Waals surface area contributed by atoms with E-state index >= 15 is 0 Å². The van der Waals surface area contributed by atoms with E-state index in [1.165, 1.54) is 6.07 Å². The fourth-order valence-electron chi connectivity index (χ4n) is 2.48. The second-order valence-electron chi connectivity index (χ2n) is 5.87. The minimum Gasteiger partial charge on any atom is -0.297 e. The molecule has 0 bridgehead atoms. The van der Waals surface area contributed by atoms with Crippen LogP contribution in [0.4, 0.5) is 0 Å². The number of nitrogens with two attached hydrogens (primary N) is 1. The van der Waals surface area contributed by atoms with E-state index in [4.69, 9.17) is 5.14 Å². The van der Waals surface area contributed by atoms with E-state index in [1.54, 1.807) is 6.92 Å². The standard InChI is InChI=1S/C12H20N2O4S3/c1-8(2)5-14-6-9(3)20(15,16)12-10(7-14)4-11(19-12)21(13,17)18/h4,8-9H,5-7H2,1-3H3,(H2,13,17,18). The largest absolute Gasteiger partial charge is 0.297 e. The van der Waals surface area contributed by atoms with E-state index in [-0.39, 0.29) is 8.42 Å². The molecule has 2 heterocycles. The number of hydrogen-bond donors (Lipinski definition) is 1. The molecule has 0 spiro atoms. The van der Waals surface area contributed by atoms with Gasteiger partial charge in [-0.2, -0.15) is 0 Å². The zero-order chi connectivity index (χ0) is 16.0. The molecule has 0 aromatic carbocycles. The number of sulfone groups is 1. The lowest BCUT2D eigenvalue weighted by atomic mass is 10.2. The Morgan fingerprint density at radius 2 is 2.10 bits per heavy atom. The van der Waals surface area contributed by atoms with Crippen molar-refractivity contribution in [2.75, 3.05) is 13.1 Å². The van der Waals surface area contributed by atoms with Crippen LogP contribution in [0.2, 0.25) is 0 Å². The summed E-state index contributed by atoms with van der Waals surface area (Å²) < 4.78 is 48.1. The van der Waals surface area contributed by atoms with Crippen molar-refractivity contribution < 1.29 is 16.8 Å². The molecule has 1 aromatic heterocycles. The molecule has 1 unspecified atom stereocenters. The van der Waals surface area contributed by atoms with Gasteiger partial charge in [0.2, 0.25) is 10.0 Å². The van der Waals surface area contributed by atoms with Crippen molar-refractivity contribution in [3.8, 4) is 0 Å². The van der Waals surface area contributed by atoms with Crippen molar-refractivity contribution >= 4 is 31.2 Å². The van der Waals surface area contributed by atoms with E-state index in [1.807, 2.05) is 0 Å². The number of rotatable bonds is 3. The lowest BCUT2D eigenvalue weighted by Crippen LogP contribution is -2.34. The van der Waals surface area contributed by atoms with Crippen LogP contribution in [-0.4, -0.2) is 40.1 Å². The van der Waals surface area contributed by atoms with Crippen molar-refractivity contribution in [3.63, 3.8) is 0 Å². The van der Waals surface area contributed by atoms with Crippen LogP contribution in [0, 0.1) is 5.92 Å². The molecule has 0 saturated carbocycles. The topological polar surface area (TPSA) is 97.5 Å². The van der Waals surface area contributed by atoms with Crippen LogP contribution in [0.3, 0.4) is 0 Å². The van der Waals surface area contributed by atoms with Gasteiger partial charge in [-0.3, -0.25) is 4.90 Å². The SMILES string of the molecule is CC(C)CN1Cc2cc(S(N)(=O)=O)sc2S(=O)(=O)C(C)C1.